The summed E-state index contributed by atoms with van der Waals surface area (Å²) in [4.78, 5) is 24.5. The number of nitrogens with one attached hydrogen (secondary N) is 1. The number of hydrogen-bond donors (Lipinski definition) is 2. The Morgan fingerprint density at radius 2 is 1.90 bits per heavy atom. The van der Waals surface area contributed by atoms with Gasteiger partial charge in [-0.05, 0) is 25.0 Å². The number of rotatable bonds is 4. The second-order valence-electron chi connectivity index (χ2n) is 5.22. The van der Waals surface area contributed by atoms with Gasteiger partial charge in [0.25, 0.3) is 5.91 Å². The average Bonchev–Trinajstić information content (AvgIpc) is 2.88. The number of anilines is 1. The summed E-state index contributed by atoms with van der Waals surface area (Å²) in [6, 6.07) is 3.13. The monoisotopic (exact) mass is 278 g/mol. The van der Waals surface area contributed by atoms with Gasteiger partial charge in [-0.25, -0.2) is 4.79 Å². The lowest BCUT2D eigenvalue weighted by atomic mass is 9.98. The molecule has 0 saturated heterocycles. The SMILES string of the molecule is CN(C)C(=O)c1ccc(NC2(C(=O)O)CCCC2)nn1. The van der Waals surface area contributed by atoms with Crippen molar-refractivity contribution in [2.45, 2.75) is 31.2 Å². The van der Waals surface area contributed by atoms with E-state index in [4.69, 9.17) is 0 Å². The van der Waals surface area contributed by atoms with Crippen molar-refractivity contribution in [1.82, 2.24) is 15.1 Å². The zero-order valence-corrected chi connectivity index (χ0v) is 11.6. The molecule has 108 valence electrons. The van der Waals surface area contributed by atoms with E-state index in [-0.39, 0.29) is 11.6 Å². The molecule has 1 fully saturated rings. The first kappa shape index (κ1) is 14.2. The maximum Gasteiger partial charge on any atom is 0.329 e. The standard InChI is InChI=1S/C13H18N4O3/c1-17(2)11(18)9-5-6-10(16-15-9)14-13(12(19)20)7-3-4-8-13/h5-6H,3-4,7-8H2,1-2H3,(H,14,16)(H,19,20). The van der Waals surface area contributed by atoms with E-state index in [1.54, 1.807) is 26.2 Å². The van der Waals surface area contributed by atoms with Crippen LogP contribution in [0.4, 0.5) is 5.82 Å². The molecule has 0 unspecified atom stereocenters. The van der Waals surface area contributed by atoms with E-state index in [1.807, 2.05) is 0 Å². The van der Waals surface area contributed by atoms with Crippen LogP contribution in [0, 0.1) is 0 Å². The predicted molar refractivity (Wildman–Crippen MR) is 72.5 cm³/mol. The Balaban J connectivity index is 2.14. The molecule has 0 spiro atoms. The Kier molecular flexibility index (Phi) is 3.87. The molecule has 2 N–H and O–H groups in total. The molecule has 7 nitrogen and oxygen atoms in total. The van der Waals surface area contributed by atoms with Gasteiger partial charge >= 0.3 is 5.97 Å². The number of carbonyl (C=O) groups is 2. The van der Waals surface area contributed by atoms with Gasteiger partial charge in [0, 0.05) is 14.1 Å². The van der Waals surface area contributed by atoms with Crippen LogP contribution < -0.4 is 5.32 Å². The number of carbonyl (C=O) groups excluding carboxylic acids is 1. The van der Waals surface area contributed by atoms with Gasteiger partial charge in [-0.2, -0.15) is 0 Å². The van der Waals surface area contributed by atoms with Gasteiger partial charge in [-0.3, -0.25) is 4.79 Å². The van der Waals surface area contributed by atoms with Crippen LogP contribution in [0.5, 0.6) is 0 Å². The highest BCUT2D eigenvalue weighted by molar-refractivity contribution is 5.91. The van der Waals surface area contributed by atoms with E-state index in [0.717, 1.165) is 12.8 Å². The highest BCUT2D eigenvalue weighted by Crippen LogP contribution is 2.32. The number of carboxylic acids is 1. The Hall–Kier alpha value is -2.18. The molecule has 20 heavy (non-hydrogen) atoms. The van der Waals surface area contributed by atoms with Crippen molar-refractivity contribution in [1.29, 1.82) is 0 Å². The molecule has 0 radical (unpaired) electrons. The number of aliphatic carboxylic acids is 1. The van der Waals surface area contributed by atoms with E-state index in [2.05, 4.69) is 15.5 Å². The summed E-state index contributed by atoms with van der Waals surface area (Å²) >= 11 is 0. The van der Waals surface area contributed by atoms with Gasteiger partial charge < -0.3 is 15.3 Å². The van der Waals surface area contributed by atoms with Gasteiger partial charge in [0.05, 0.1) is 0 Å². The molecule has 0 bridgehead atoms. The fourth-order valence-electron chi connectivity index (χ4n) is 2.36. The molecular formula is C13H18N4O3. The zero-order chi connectivity index (χ0) is 14.8. The van der Waals surface area contributed by atoms with E-state index in [1.165, 1.54) is 4.90 Å². The third-order valence-corrected chi connectivity index (χ3v) is 3.52. The fraction of sp³-hybridized carbons (Fsp3) is 0.538. The molecule has 0 atom stereocenters. The van der Waals surface area contributed by atoms with Crippen LogP contribution >= 0.6 is 0 Å². The van der Waals surface area contributed by atoms with Gasteiger partial charge in [0.2, 0.25) is 0 Å². The largest absolute Gasteiger partial charge is 0.480 e. The second-order valence-corrected chi connectivity index (χ2v) is 5.22. The van der Waals surface area contributed by atoms with Crippen molar-refractivity contribution >= 4 is 17.7 Å². The van der Waals surface area contributed by atoms with Gasteiger partial charge in [-0.1, -0.05) is 12.8 Å². The number of carboxylic acid groups (broad SMARTS) is 1. The molecule has 1 heterocycles. The third kappa shape index (κ3) is 2.71. The molecule has 0 aromatic carbocycles. The first-order valence-corrected chi connectivity index (χ1v) is 6.51. The fourth-order valence-corrected chi connectivity index (χ4v) is 2.36. The van der Waals surface area contributed by atoms with E-state index >= 15 is 0 Å². The van der Waals surface area contributed by atoms with Crippen LogP contribution in [0.1, 0.15) is 36.2 Å². The smallest absolute Gasteiger partial charge is 0.329 e. The summed E-state index contributed by atoms with van der Waals surface area (Å²) in [6.07, 6.45) is 2.90. The third-order valence-electron chi connectivity index (χ3n) is 3.52. The Labute approximate surface area is 117 Å². The molecule has 0 aliphatic heterocycles. The molecule has 2 rings (SSSR count). The first-order chi connectivity index (χ1) is 9.44. The second kappa shape index (κ2) is 5.44. The molecule has 7 heteroatoms. The molecule has 1 aromatic heterocycles. The number of aromatic nitrogens is 2. The number of amides is 1. The van der Waals surface area contributed by atoms with Crippen molar-refractivity contribution in [3.8, 4) is 0 Å². The summed E-state index contributed by atoms with van der Waals surface area (Å²) in [7, 11) is 3.27. The minimum atomic E-state index is -0.957. The van der Waals surface area contributed by atoms with E-state index in [9.17, 15) is 14.7 Å². The molecule has 1 aromatic rings. The highest BCUT2D eigenvalue weighted by atomic mass is 16.4. The van der Waals surface area contributed by atoms with Crippen molar-refractivity contribution < 1.29 is 14.7 Å². The quantitative estimate of drug-likeness (QED) is 0.852. The lowest BCUT2D eigenvalue weighted by Gasteiger charge is -2.25. The average molecular weight is 278 g/mol. The normalized spacial score (nSPS) is 16.7. The van der Waals surface area contributed by atoms with Gasteiger partial charge in [-0.15, -0.1) is 10.2 Å². The summed E-state index contributed by atoms with van der Waals surface area (Å²) in [5.74, 6) is -0.729. The molecule has 1 saturated carbocycles. The summed E-state index contributed by atoms with van der Waals surface area (Å²) in [5.41, 5.74) is -0.724. The first-order valence-electron chi connectivity index (χ1n) is 6.51. The van der Waals surface area contributed by atoms with Crippen molar-refractivity contribution in [2.24, 2.45) is 0 Å². The van der Waals surface area contributed by atoms with Gasteiger partial charge in [0.15, 0.2) is 5.69 Å². The predicted octanol–water partition coefficient (Wildman–Crippen LogP) is 0.988. The van der Waals surface area contributed by atoms with Crippen LogP contribution in [-0.2, 0) is 4.79 Å². The Morgan fingerprint density at radius 1 is 1.25 bits per heavy atom. The Morgan fingerprint density at radius 3 is 2.35 bits per heavy atom. The number of nitrogens with zero attached hydrogens (tertiary/aromatic N) is 3. The number of hydrogen-bond acceptors (Lipinski definition) is 5. The minimum Gasteiger partial charge on any atom is -0.480 e. The molecule has 1 aliphatic rings. The van der Waals surface area contributed by atoms with Crippen LogP contribution in [0.15, 0.2) is 12.1 Å². The lowest BCUT2D eigenvalue weighted by molar-refractivity contribution is -0.142. The lowest BCUT2D eigenvalue weighted by Crippen LogP contribution is -2.44. The van der Waals surface area contributed by atoms with Crippen LogP contribution in [0.3, 0.4) is 0 Å². The van der Waals surface area contributed by atoms with E-state index in [0.29, 0.717) is 18.7 Å². The van der Waals surface area contributed by atoms with Crippen molar-refractivity contribution in [2.75, 3.05) is 19.4 Å². The maximum atomic E-state index is 11.7. The highest BCUT2D eigenvalue weighted by Gasteiger charge is 2.41. The topological polar surface area (TPSA) is 95.4 Å². The zero-order valence-electron chi connectivity index (χ0n) is 11.6. The minimum absolute atomic E-state index is 0.233. The van der Waals surface area contributed by atoms with Crippen LogP contribution in [0.25, 0.3) is 0 Å². The van der Waals surface area contributed by atoms with E-state index < -0.39 is 11.5 Å². The molecular weight excluding hydrogens is 260 g/mol. The molecule has 1 aliphatic carbocycles. The van der Waals surface area contributed by atoms with Crippen molar-refractivity contribution in [3.05, 3.63) is 17.8 Å². The molecule has 1 amide bonds. The Bertz CT molecular complexity index is 507. The van der Waals surface area contributed by atoms with Crippen LogP contribution in [0.2, 0.25) is 0 Å². The van der Waals surface area contributed by atoms with Crippen LogP contribution in [-0.4, -0.2) is 51.7 Å². The summed E-state index contributed by atoms with van der Waals surface area (Å²) < 4.78 is 0. The summed E-state index contributed by atoms with van der Waals surface area (Å²) in [6.45, 7) is 0. The van der Waals surface area contributed by atoms with Gasteiger partial charge in [0.1, 0.15) is 11.4 Å². The summed E-state index contributed by atoms with van der Waals surface area (Å²) in [5, 5.41) is 20.1. The maximum absolute atomic E-state index is 11.7. The van der Waals surface area contributed by atoms with Crippen molar-refractivity contribution in [3.63, 3.8) is 0 Å².